The molecule has 8 rings (SSSR count). The third-order valence-corrected chi connectivity index (χ3v) is 7.59. The average Bonchev–Trinajstić information content (AvgIpc) is 2.93. The zero-order chi connectivity index (χ0) is 26.0. The van der Waals surface area contributed by atoms with Gasteiger partial charge in [0.15, 0.2) is 0 Å². The van der Waals surface area contributed by atoms with E-state index < -0.39 is 0 Å². The van der Waals surface area contributed by atoms with Crippen LogP contribution in [0.4, 0.5) is 22.7 Å². The topological polar surface area (TPSA) is 123 Å². The van der Waals surface area contributed by atoms with Crippen molar-refractivity contribution in [1.29, 1.82) is 0 Å². The monoisotopic (exact) mass is 498 g/mol. The molecule has 0 atom stereocenters. The lowest BCUT2D eigenvalue weighted by Gasteiger charge is -2.43. The van der Waals surface area contributed by atoms with Gasteiger partial charge in [0, 0.05) is 35.1 Å². The molecule has 3 aliphatic carbocycles. The molecule has 6 nitrogen and oxygen atoms in total. The van der Waals surface area contributed by atoms with E-state index in [1.807, 2.05) is 24.3 Å². The van der Waals surface area contributed by atoms with Crippen LogP contribution in [-0.4, -0.2) is 0 Å². The fourth-order valence-corrected chi connectivity index (χ4v) is 5.89. The van der Waals surface area contributed by atoms with Crippen molar-refractivity contribution in [2.75, 3.05) is 22.9 Å². The highest BCUT2D eigenvalue weighted by molar-refractivity contribution is 5.74. The van der Waals surface area contributed by atoms with Gasteiger partial charge < -0.3 is 32.4 Å². The quantitative estimate of drug-likeness (QED) is 0.203. The van der Waals surface area contributed by atoms with E-state index in [1.54, 1.807) is 24.3 Å². The standard InChI is InChI=1S/C32H26N4O2/c33-23-11-9-17(15-25(23)35)37-27-13-14-28(38-18-10-12-24(34)26(36)16-18)32-30-20-6-2-1-5-19(20)29(31(27)32)21-7-3-4-8-22(21)30/h1-16,29-30H,33-36H2. The molecule has 8 N–H and O–H groups in total. The van der Waals surface area contributed by atoms with Gasteiger partial charge in [0.05, 0.1) is 22.7 Å². The third kappa shape index (κ3) is 3.27. The van der Waals surface area contributed by atoms with Crippen molar-refractivity contribution in [2.45, 2.75) is 11.8 Å². The van der Waals surface area contributed by atoms with Gasteiger partial charge in [0.2, 0.25) is 0 Å². The summed E-state index contributed by atoms with van der Waals surface area (Å²) in [5.74, 6) is 2.75. The molecule has 2 bridgehead atoms. The Labute approximate surface area is 220 Å². The zero-order valence-electron chi connectivity index (χ0n) is 20.5. The van der Waals surface area contributed by atoms with Crippen molar-refractivity contribution in [3.05, 3.63) is 130 Å². The van der Waals surface area contributed by atoms with E-state index in [0.29, 0.717) is 34.2 Å². The van der Waals surface area contributed by atoms with Crippen molar-refractivity contribution in [2.24, 2.45) is 0 Å². The second-order valence-corrected chi connectivity index (χ2v) is 9.80. The molecule has 0 saturated heterocycles. The van der Waals surface area contributed by atoms with Crippen molar-refractivity contribution in [3.8, 4) is 23.0 Å². The summed E-state index contributed by atoms with van der Waals surface area (Å²) >= 11 is 0. The number of anilines is 4. The summed E-state index contributed by atoms with van der Waals surface area (Å²) in [5, 5.41) is 0. The predicted molar refractivity (Wildman–Crippen MR) is 152 cm³/mol. The maximum absolute atomic E-state index is 6.51. The minimum absolute atomic E-state index is 0.0106. The number of ether oxygens (including phenoxy) is 2. The van der Waals surface area contributed by atoms with Gasteiger partial charge in [0.25, 0.3) is 0 Å². The zero-order valence-corrected chi connectivity index (χ0v) is 20.5. The van der Waals surface area contributed by atoms with Gasteiger partial charge in [0.1, 0.15) is 23.0 Å². The first-order valence-corrected chi connectivity index (χ1v) is 12.5. The van der Waals surface area contributed by atoms with Gasteiger partial charge in [-0.05, 0) is 58.7 Å². The van der Waals surface area contributed by atoms with Crippen LogP contribution in [-0.2, 0) is 0 Å². The van der Waals surface area contributed by atoms with Crippen LogP contribution in [0.5, 0.6) is 23.0 Å². The highest BCUT2D eigenvalue weighted by atomic mass is 16.5. The minimum atomic E-state index is -0.0106. The van der Waals surface area contributed by atoms with Crippen LogP contribution in [0.1, 0.15) is 45.2 Å². The molecule has 0 radical (unpaired) electrons. The fourth-order valence-electron chi connectivity index (χ4n) is 5.89. The number of nitrogen functional groups attached to an aromatic ring is 4. The lowest BCUT2D eigenvalue weighted by atomic mass is 9.60. The number of benzene rings is 5. The second kappa shape index (κ2) is 8.21. The van der Waals surface area contributed by atoms with Crippen molar-refractivity contribution in [3.63, 3.8) is 0 Å². The van der Waals surface area contributed by atoms with Crippen LogP contribution in [0, 0.1) is 0 Å². The van der Waals surface area contributed by atoms with Gasteiger partial charge in [-0.25, -0.2) is 0 Å². The van der Waals surface area contributed by atoms with E-state index in [9.17, 15) is 0 Å². The maximum atomic E-state index is 6.51. The molecule has 186 valence electrons. The van der Waals surface area contributed by atoms with Gasteiger partial charge in [-0.15, -0.1) is 0 Å². The molecule has 5 aromatic rings. The summed E-state index contributed by atoms with van der Waals surface area (Å²) in [7, 11) is 0. The molecule has 0 unspecified atom stereocenters. The molecule has 38 heavy (non-hydrogen) atoms. The van der Waals surface area contributed by atoms with E-state index in [1.165, 1.54) is 22.3 Å². The summed E-state index contributed by atoms with van der Waals surface area (Å²) in [6.07, 6.45) is 0. The Morgan fingerprint density at radius 3 is 1.13 bits per heavy atom. The Morgan fingerprint density at radius 1 is 0.421 bits per heavy atom. The smallest absolute Gasteiger partial charge is 0.132 e. The van der Waals surface area contributed by atoms with Crippen molar-refractivity contribution >= 4 is 22.7 Å². The summed E-state index contributed by atoms with van der Waals surface area (Å²) < 4.78 is 13.0. The Hall–Kier alpha value is -5.10. The molecule has 0 amide bonds. The summed E-state index contributed by atoms with van der Waals surface area (Å²) in [4.78, 5) is 0. The van der Waals surface area contributed by atoms with E-state index in [0.717, 1.165) is 22.6 Å². The number of hydrogen-bond donors (Lipinski definition) is 4. The lowest BCUT2D eigenvalue weighted by Crippen LogP contribution is -2.28. The highest BCUT2D eigenvalue weighted by Crippen LogP contribution is 2.60. The van der Waals surface area contributed by atoms with E-state index in [-0.39, 0.29) is 11.8 Å². The van der Waals surface area contributed by atoms with E-state index in [4.69, 9.17) is 32.4 Å². The predicted octanol–water partition coefficient (Wildman–Crippen LogP) is 6.59. The molecule has 0 aliphatic heterocycles. The number of rotatable bonds is 4. The Bertz CT molecular complexity index is 1570. The molecule has 0 heterocycles. The van der Waals surface area contributed by atoms with Crippen LogP contribution >= 0.6 is 0 Å². The minimum Gasteiger partial charge on any atom is -0.457 e. The highest BCUT2D eigenvalue weighted by Gasteiger charge is 2.44. The van der Waals surface area contributed by atoms with Crippen molar-refractivity contribution < 1.29 is 9.47 Å². The van der Waals surface area contributed by atoms with Gasteiger partial charge in [-0.2, -0.15) is 0 Å². The van der Waals surface area contributed by atoms with E-state index >= 15 is 0 Å². The lowest BCUT2D eigenvalue weighted by molar-refractivity contribution is 0.451. The maximum Gasteiger partial charge on any atom is 0.132 e. The molecule has 0 aromatic heterocycles. The Kier molecular flexibility index (Phi) is 4.78. The number of hydrogen-bond acceptors (Lipinski definition) is 6. The van der Waals surface area contributed by atoms with Crippen molar-refractivity contribution in [1.82, 2.24) is 0 Å². The van der Waals surface area contributed by atoms with E-state index in [2.05, 4.69) is 48.5 Å². The first kappa shape index (κ1) is 22.1. The molecule has 0 saturated carbocycles. The molecule has 6 heteroatoms. The molecule has 5 aromatic carbocycles. The van der Waals surface area contributed by atoms with Crippen LogP contribution in [0.2, 0.25) is 0 Å². The average molecular weight is 499 g/mol. The first-order chi connectivity index (χ1) is 18.5. The molecule has 3 aliphatic rings. The molecule has 0 fully saturated rings. The van der Waals surface area contributed by atoms with Gasteiger partial charge in [-0.3, -0.25) is 0 Å². The SMILES string of the molecule is Nc1ccc(Oc2ccc(Oc3ccc(N)c(N)c3)c3c2C2c4ccccc4C3c3ccccc32)cc1N. The molecular weight excluding hydrogens is 472 g/mol. The number of nitrogens with two attached hydrogens (primary N) is 4. The first-order valence-electron chi connectivity index (χ1n) is 12.5. The largest absolute Gasteiger partial charge is 0.457 e. The van der Waals surface area contributed by atoms with Gasteiger partial charge >= 0.3 is 0 Å². The van der Waals surface area contributed by atoms with Crippen LogP contribution in [0.3, 0.4) is 0 Å². The normalized spacial score (nSPS) is 16.3. The molecule has 0 spiro atoms. The third-order valence-electron chi connectivity index (χ3n) is 7.59. The van der Waals surface area contributed by atoms with Crippen LogP contribution in [0.15, 0.2) is 97.1 Å². The Morgan fingerprint density at radius 2 is 0.789 bits per heavy atom. The summed E-state index contributed by atoms with van der Waals surface area (Å²) in [5.41, 5.74) is 33.4. The van der Waals surface area contributed by atoms with Crippen LogP contribution < -0.4 is 32.4 Å². The van der Waals surface area contributed by atoms with Crippen LogP contribution in [0.25, 0.3) is 0 Å². The molecular formula is C32H26N4O2. The summed E-state index contributed by atoms with van der Waals surface area (Å²) in [6.45, 7) is 0. The second-order valence-electron chi connectivity index (χ2n) is 9.80. The summed E-state index contributed by atoms with van der Waals surface area (Å²) in [6, 6.07) is 31.9. The fraction of sp³-hybridized carbons (Fsp3) is 0.0625. The van der Waals surface area contributed by atoms with Gasteiger partial charge in [-0.1, -0.05) is 48.5 Å². The Balaban J connectivity index is 1.45.